The summed E-state index contributed by atoms with van der Waals surface area (Å²) in [5.41, 5.74) is 3.02. The molecule has 1 heterocycles. The Morgan fingerprint density at radius 2 is 1.81 bits per heavy atom. The molecule has 2 amide bonds. The standard InChI is InChI=1S/C27H32F3N3O4/c1-33(26(35)18-6-4-3-5-7-18)19-10-13-21-22(14-15-36-2)24(31-23(21)16-19)32-25(34)17-8-11-20(12-9-17)37-27(28,29)30/h8-13,18,23,31H,3-7,14-16H2,1-2H3,(H,32,34). The molecule has 1 saturated carbocycles. The molecule has 1 unspecified atom stereocenters. The zero-order valence-electron chi connectivity index (χ0n) is 21.0. The van der Waals surface area contributed by atoms with E-state index in [2.05, 4.69) is 15.4 Å². The van der Waals surface area contributed by atoms with E-state index in [1.807, 2.05) is 19.2 Å². The summed E-state index contributed by atoms with van der Waals surface area (Å²) in [5.74, 6) is -0.109. The highest BCUT2D eigenvalue weighted by molar-refractivity contribution is 5.95. The lowest BCUT2D eigenvalue weighted by molar-refractivity contribution is -0.274. The van der Waals surface area contributed by atoms with Crippen LogP contribution in [0.15, 0.2) is 59.1 Å². The average Bonchev–Trinajstić information content (AvgIpc) is 3.22. The number of allylic oxidation sites excluding steroid dienone is 2. The number of alkyl halides is 3. The van der Waals surface area contributed by atoms with Crippen molar-refractivity contribution in [1.82, 2.24) is 15.5 Å². The summed E-state index contributed by atoms with van der Waals surface area (Å²) in [7, 11) is 3.42. The van der Waals surface area contributed by atoms with Gasteiger partial charge < -0.3 is 25.0 Å². The van der Waals surface area contributed by atoms with Gasteiger partial charge >= 0.3 is 6.36 Å². The number of hydrogen-bond donors (Lipinski definition) is 2. The highest BCUT2D eigenvalue weighted by Gasteiger charge is 2.35. The first-order valence-electron chi connectivity index (χ1n) is 12.5. The Hall–Kier alpha value is -3.27. The van der Waals surface area contributed by atoms with E-state index in [1.54, 1.807) is 12.0 Å². The molecule has 1 fully saturated rings. The van der Waals surface area contributed by atoms with E-state index in [9.17, 15) is 22.8 Å². The first kappa shape index (κ1) is 26.8. The number of halogens is 3. The number of rotatable bonds is 8. The molecule has 2 N–H and O–H groups in total. The van der Waals surface area contributed by atoms with Crippen molar-refractivity contribution >= 4 is 11.8 Å². The third kappa shape index (κ3) is 6.54. The number of nitrogens with one attached hydrogen (secondary N) is 2. The van der Waals surface area contributed by atoms with Crippen LogP contribution in [0, 0.1) is 5.92 Å². The van der Waals surface area contributed by atoms with E-state index >= 15 is 0 Å². The van der Waals surface area contributed by atoms with Gasteiger partial charge in [-0.15, -0.1) is 13.2 Å². The lowest BCUT2D eigenvalue weighted by atomic mass is 9.87. The molecule has 7 nitrogen and oxygen atoms in total. The van der Waals surface area contributed by atoms with Crippen molar-refractivity contribution in [1.29, 1.82) is 0 Å². The lowest BCUT2D eigenvalue weighted by Gasteiger charge is -2.31. The van der Waals surface area contributed by atoms with Crippen LogP contribution in [0.2, 0.25) is 0 Å². The third-order valence-corrected chi connectivity index (χ3v) is 7.07. The molecule has 2 aliphatic carbocycles. The molecule has 10 heteroatoms. The fourth-order valence-electron chi connectivity index (χ4n) is 5.13. The van der Waals surface area contributed by atoms with Crippen LogP contribution in [0.4, 0.5) is 13.2 Å². The van der Waals surface area contributed by atoms with E-state index in [0.29, 0.717) is 25.3 Å². The van der Waals surface area contributed by atoms with Gasteiger partial charge in [0.2, 0.25) is 5.91 Å². The molecule has 3 aliphatic rings. The van der Waals surface area contributed by atoms with Gasteiger partial charge in [-0.2, -0.15) is 0 Å². The first-order chi connectivity index (χ1) is 17.7. The molecule has 1 atom stereocenters. The van der Waals surface area contributed by atoms with E-state index < -0.39 is 18.0 Å². The highest BCUT2D eigenvalue weighted by Crippen LogP contribution is 2.35. The number of amides is 2. The van der Waals surface area contributed by atoms with Crippen molar-refractivity contribution in [3.05, 3.63) is 64.6 Å². The topological polar surface area (TPSA) is 79.9 Å². The molecule has 1 aromatic rings. The third-order valence-electron chi connectivity index (χ3n) is 7.07. The van der Waals surface area contributed by atoms with Crippen molar-refractivity contribution in [2.45, 2.75) is 57.3 Å². The molecule has 0 radical (unpaired) electrons. The highest BCUT2D eigenvalue weighted by atomic mass is 19.4. The summed E-state index contributed by atoms with van der Waals surface area (Å²) in [6, 6.07) is 4.63. The van der Waals surface area contributed by atoms with Crippen LogP contribution in [-0.2, 0) is 9.53 Å². The molecule has 4 rings (SSSR count). The SMILES string of the molecule is COCCC1=C(NC(=O)c2ccc(OC(F)(F)F)cc2)NC2CC(N(C)C(=O)C3CCCCC3)=CC=C12. The predicted octanol–water partition coefficient (Wildman–Crippen LogP) is 4.79. The van der Waals surface area contributed by atoms with Crippen molar-refractivity contribution < 1.29 is 32.2 Å². The van der Waals surface area contributed by atoms with Crippen LogP contribution in [-0.4, -0.2) is 49.9 Å². The second-order valence-corrected chi connectivity index (χ2v) is 9.54. The zero-order chi connectivity index (χ0) is 26.6. The number of carbonyl (C=O) groups excluding carboxylic acids is 2. The second kappa shape index (κ2) is 11.4. The summed E-state index contributed by atoms with van der Waals surface area (Å²) in [4.78, 5) is 27.7. The van der Waals surface area contributed by atoms with Gasteiger partial charge in [0.15, 0.2) is 0 Å². The first-order valence-corrected chi connectivity index (χ1v) is 12.5. The summed E-state index contributed by atoms with van der Waals surface area (Å²) in [5, 5.41) is 6.23. The fourth-order valence-corrected chi connectivity index (χ4v) is 5.13. The molecule has 37 heavy (non-hydrogen) atoms. The Morgan fingerprint density at radius 1 is 1.11 bits per heavy atom. The maximum Gasteiger partial charge on any atom is 0.573 e. The number of benzene rings is 1. The molecule has 200 valence electrons. The predicted molar refractivity (Wildman–Crippen MR) is 131 cm³/mol. The van der Waals surface area contributed by atoms with Gasteiger partial charge in [0.25, 0.3) is 5.91 Å². The largest absolute Gasteiger partial charge is 0.573 e. The second-order valence-electron chi connectivity index (χ2n) is 9.54. The normalized spacial score (nSPS) is 20.0. The van der Waals surface area contributed by atoms with Crippen LogP contribution < -0.4 is 15.4 Å². The molecular formula is C27H32F3N3O4. The molecular weight excluding hydrogens is 487 g/mol. The molecule has 0 aromatic heterocycles. The number of hydrogen-bond acceptors (Lipinski definition) is 5. The van der Waals surface area contributed by atoms with Gasteiger partial charge in [-0.1, -0.05) is 25.3 Å². The van der Waals surface area contributed by atoms with Gasteiger partial charge in [0, 0.05) is 43.3 Å². The monoisotopic (exact) mass is 519 g/mol. The Bertz CT molecular complexity index is 1100. The van der Waals surface area contributed by atoms with Gasteiger partial charge in [0.05, 0.1) is 12.6 Å². The van der Waals surface area contributed by atoms with Crippen LogP contribution in [0.1, 0.15) is 55.3 Å². The van der Waals surface area contributed by atoms with Crippen molar-refractivity contribution in [3.8, 4) is 5.75 Å². The number of nitrogens with zero attached hydrogens (tertiary/aromatic N) is 1. The number of methoxy groups -OCH3 is 1. The zero-order valence-corrected chi connectivity index (χ0v) is 21.0. The maximum absolute atomic E-state index is 13.1. The van der Waals surface area contributed by atoms with E-state index in [-0.39, 0.29) is 23.4 Å². The minimum Gasteiger partial charge on any atom is -0.406 e. The average molecular weight is 520 g/mol. The smallest absolute Gasteiger partial charge is 0.406 e. The Balaban J connectivity index is 1.48. The maximum atomic E-state index is 13.1. The van der Waals surface area contributed by atoms with E-state index in [1.165, 1.54) is 18.6 Å². The Morgan fingerprint density at radius 3 is 2.46 bits per heavy atom. The Labute approximate surface area is 214 Å². The number of fused-ring (bicyclic) bond motifs is 1. The van der Waals surface area contributed by atoms with Gasteiger partial charge in [0.1, 0.15) is 11.6 Å². The van der Waals surface area contributed by atoms with Crippen LogP contribution in [0.25, 0.3) is 0 Å². The van der Waals surface area contributed by atoms with Gasteiger partial charge in [-0.3, -0.25) is 9.59 Å². The summed E-state index contributed by atoms with van der Waals surface area (Å²) in [6.45, 7) is 0.445. The fraction of sp³-hybridized carbons (Fsp3) is 0.481. The lowest BCUT2D eigenvalue weighted by Crippen LogP contribution is -2.38. The minimum absolute atomic E-state index is 0.0692. The number of ether oxygens (including phenoxy) is 2. The molecule has 0 spiro atoms. The molecule has 1 aliphatic heterocycles. The van der Waals surface area contributed by atoms with E-state index in [0.717, 1.165) is 54.7 Å². The minimum atomic E-state index is -4.80. The van der Waals surface area contributed by atoms with Crippen molar-refractivity contribution in [2.75, 3.05) is 20.8 Å². The van der Waals surface area contributed by atoms with E-state index in [4.69, 9.17) is 4.74 Å². The van der Waals surface area contributed by atoms with Gasteiger partial charge in [-0.05, 0) is 55.2 Å². The summed E-state index contributed by atoms with van der Waals surface area (Å²) >= 11 is 0. The van der Waals surface area contributed by atoms with Crippen LogP contribution >= 0.6 is 0 Å². The summed E-state index contributed by atoms with van der Waals surface area (Å²) in [6.07, 6.45) is 5.51. The molecule has 0 saturated heterocycles. The van der Waals surface area contributed by atoms with Crippen LogP contribution in [0.3, 0.4) is 0 Å². The van der Waals surface area contributed by atoms with Crippen LogP contribution in [0.5, 0.6) is 5.75 Å². The van der Waals surface area contributed by atoms with Gasteiger partial charge in [-0.25, -0.2) is 0 Å². The molecule has 0 bridgehead atoms. The Kier molecular flexibility index (Phi) is 8.26. The summed E-state index contributed by atoms with van der Waals surface area (Å²) < 4.78 is 46.4. The quantitative estimate of drug-likeness (QED) is 0.517. The molecule has 1 aromatic carbocycles. The van der Waals surface area contributed by atoms with Crippen molar-refractivity contribution in [2.24, 2.45) is 5.92 Å². The van der Waals surface area contributed by atoms with Crippen molar-refractivity contribution in [3.63, 3.8) is 0 Å². The number of carbonyl (C=O) groups is 2.